The second-order valence-corrected chi connectivity index (χ2v) is 3.58. The molecule has 1 aromatic carbocycles. The zero-order valence-electron chi connectivity index (χ0n) is 9.53. The lowest BCUT2D eigenvalue weighted by Crippen LogP contribution is -2.30. The first-order valence-corrected chi connectivity index (χ1v) is 5.24. The highest BCUT2D eigenvalue weighted by Crippen LogP contribution is 2.23. The summed E-state index contributed by atoms with van der Waals surface area (Å²) in [4.78, 5) is 22.0. The first kappa shape index (κ1) is 14.2. The monoisotopic (exact) mass is 260 g/mol. The Bertz CT molecular complexity index is 426. The van der Waals surface area contributed by atoms with Gasteiger partial charge in [-0.3, -0.25) is 4.79 Å². The van der Waals surface area contributed by atoms with Crippen LogP contribution >= 0.6 is 0 Å². The molecule has 0 radical (unpaired) electrons. The van der Waals surface area contributed by atoms with Gasteiger partial charge in [0.1, 0.15) is 0 Å². The molecule has 1 aromatic rings. The minimum atomic E-state index is -5.16. The summed E-state index contributed by atoms with van der Waals surface area (Å²) < 4.78 is 39.7. The van der Waals surface area contributed by atoms with Gasteiger partial charge in [0.15, 0.2) is 0 Å². The number of esters is 2. The Hall–Kier alpha value is -1.85. The molecule has 1 unspecified atom stereocenters. The molecule has 1 rings (SSSR count). The van der Waals surface area contributed by atoms with Crippen molar-refractivity contribution in [3.63, 3.8) is 0 Å². The number of carbonyl (C=O) groups is 2. The third-order valence-electron chi connectivity index (χ3n) is 2.32. The van der Waals surface area contributed by atoms with Crippen LogP contribution in [0.3, 0.4) is 0 Å². The summed E-state index contributed by atoms with van der Waals surface area (Å²) in [6, 6.07) is 8.19. The molecule has 6 heteroatoms. The largest absolute Gasteiger partial charge is 0.491 e. The van der Waals surface area contributed by atoms with E-state index in [1.165, 1.54) is 0 Å². The molecule has 0 heterocycles. The maximum Gasteiger partial charge on any atom is 0.491 e. The Morgan fingerprint density at radius 2 is 1.78 bits per heavy atom. The molecule has 0 aliphatic rings. The van der Waals surface area contributed by atoms with Crippen LogP contribution in [0.15, 0.2) is 30.3 Å². The molecule has 0 saturated carbocycles. The molecular formula is C12H11F3O3. The third-order valence-corrected chi connectivity index (χ3v) is 2.32. The molecule has 0 bridgehead atoms. The highest BCUT2D eigenvalue weighted by molar-refractivity contribution is 5.91. The first-order chi connectivity index (χ1) is 8.36. The molecule has 0 aliphatic heterocycles. The number of hydrogen-bond acceptors (Lipinski definition) is 3. The van der Waals surface area contributed by atoms with Crippen LogP contribution in [0.4, 0.5) is 13.2 Å². The Morgan fingerprint density at radius 3 is 2.22 bits per heavy atom. The zero-order chi connectivity index (χ0) is 13.8. The minimum Gasteiger partial charge on any atom is -0.386 e. The molecule has 0 amide bonds. The van der Waals surface area contributed by atoms with Crippen LogP contribution < -0.4 is 0 Å². The van der Waals surface area contributed by atoms with E-state index in [2.05, 4.69) is 4.74 Å². The lowest BCUT2D eigenvalue weighted by atomic mass is 9.97. The van der Waals surface area contributed by atoms with E-state index in [1.54, 1.807) is 37.3 Å². The predicted molar refractivity (Wildman–Crippen MR) is 56.6 cm³/mol. The van der Waals surface area contributed by atoms with E-state index in [0.717, 1.165) is 0 Å². The van der Waals surface area contributed by atoms with Gasteiger partial charge in [-0.05, 0) is 12.0 Å². The number of benzene rings is 1. The van der Waals surface area contributed by atoms with Crippen molar-refractivity contribution in [1.29, 1.82) is 0 Å². The van der Waals surface area contributed by atoms with E-state index in [0.29, 0.717) is 5.56 Å². The minimum absolute atomic E-state index is 0.244. The molecule has 0 N–H and O–H groups in total. The van der Waals surface area contributed by atoms with Crippen LogP contribution in [-0.2, 0) is 14.3 Å². The molecule has 1 atom stereocenters. The lowest BCUT2D eigenvalue weighted by molar-refractivity contribution is -0.202. The van der Waals surface area contributed by atoms with Crippen molar-refractivity contribution in [1.82, 2.24) is 0 Å². The summed E-state index contributed by atoms with van der Waals surface area (Å²) in [5.74, 6) is -4.55. The second-order valence-electron chi connectivity index (χ2n) is 3.58. The van der Waals surface area contributed by atoms with Crippen molar-refractivity contribution in [2.24, 2.45) is 0 Å². The van der Waals surface area contributed by atoms with Crippen molar-refractivity contribution in [2.75, 3.05) is 0 Å². The Kier molecular flexibility index (Phi) is 4.47. The van der Waals surface area contributed by atoms with E-state index in [-0.39, 0.29) is 6.42 Å². The summed E-state index contributed by atoms with van der Waals surface area (Å²) in [5, 5.41) is 0. The van der Waals surface area contributed by atoms with Crippen molar-refractivity contribution >= 4 is 11.9 Å². The highest BCUT2D eigenvalue weighted by atomic mass is 19.4. The van der Waals surface area contributed by atoms with Gasteiger partial charge in [0.25, 0.3) is 0 Å². The smallest absolute Gasteiger partial charge is 0.386 e. The van der Waals surface area contributed by atoms with Crippen molar-refractivity contribution in [3.05, 3.63) is 35.9 Å². The van der Waals surface area contributed by atoms with Gasteiger partial charge in [-0.25, -0.2) is 4.79 Å². The van der Waals surface area contributed by atoms with Crippen LogP contribution in [0.5, 0.6) is 0 Å². The van der Waals surface area contributed by atoms with Gasteiger partial charge in [-0.2, -0.15) is 13.2 Å². The van der Waals surface area contributed by atoms with Crippen molar-refractivity contribution in [2.45, 2.75) is 25.4 Å². The molecule has 0 fully saturated rings. The van der Waals surface area contributed by atoms with Gasteiger partial charge < -0.3 is 4.74 Å². The highest BCUT2D eigenvalue weighted by Gasteiger charge is 2.43. The Labute approximate surface area is 102 Å². The summed E-state index contributed by atoms with van der Waals surface area (Å²) in [5.41, 5.74) is 0.514. The summed E-state index contributed by atoms with van der Waals surface area (Å²) in [6.07, 6.45) is -4.92. The van der Waals surface area contributed by atoms with Gasteiger partial charge in [-0.15, -0.1) is 0 Å². The van der Waals surface area contributed by atoms with Crippen LogP contribution in [0, 0.1) is 0 Å². The van der Waals surface area contributed by atoms with Gasteiger partial charge in [0.05, 0.1) is 5.92 Å². The number of ether oxygens (including phenoxy) is 1. The Morgan fingerprint density at radius 1 is 1.22 bits per heavy atom. The fourth-order valence-corrected chi connectivity index (χ4v) is 1.44. The topological polar surface area (TPSA) is 43.4 Å². The molecule has 0 saturated heterocycles. The van der Waals surface area contributed by atoms with Crippen LogP contribution in [0.1, 0.15) is 24.8 Å². The first-order valence-electron chi connectivity index (χ1n) is 5.24. The molecular weight excluding hydrogens is 249 g/mol. The van der Waals surface area contributed by atoms with E-state index >= 15 is 0 Å². The second kappa shape index (κ2) is 5.66. The third kappa shape index (κ3) is 3.58. The van der Waals surface area contributed by atoms with Crippen molar-refractivity contribution in [3.8, 4) is 0 Å². The summed E-state index contributed by atoms with van der Waals surface area (Å²) >= 11 is 0. The maximum atomic E-state index is 12.0. The average molecular weight is 260 g/mol. The fraction of sp³-hybridized carbons (Fsp3) is 0.333. The number of halogens is 3. The number of rotatable bonds is 3. The van der Waals surface area contributed by atoms with E-state index in [4.69, 9.17) is 0 Å². The summed E-state index contributed by atoms with van der Waals surface area (Å²) in [7, 11) is 0. The lowest BCUT2D eigenvalue weighted by Gasteiger charge is -2.14. The molecule has 98 valence electrons. The number of alkyl halides is 3. The normalized spacial score (nSPS) is 12.9. The summed E-state index contributed by atoms with van der Waals surface area (Å²) in [6.45, 7) is 1.62. The molecule has 0 aromatic heterocycles. The van der Waals surface area contributed by atoms with Crippen LogP contribution in [0.25, 0.3) is 0 Å². The quantitative estimate of drug-likeness (QED) is 0.620. The van der Waals surface area contributed by atoms with Gasteiger partial charge in [0, 0.05) is 0 Å². The van der Waals surface area contributed by atoms with Gasteiger partial charge >= 0.3 is 18.1 Å². The molecule has 18 heavy (non-hydrogen) atoms. The Balaban J connectivity index is 2.79. The van der Waals surface area contributed by atoms with Gasteiger partial charge in [-0.1, -0.05) is 37.3 Å². The van der Waals surface area contributed by atoms with Crippen LogP contribution in [0.2, 0.25) is 0 Å². The molecule has 0 spiro atoms. The number of carbonyl (C=O) groups excluding carboxylic acids is 2. The average Bonchev–Trinajstić information content (AvgIpc) is 2.30. The molecule has 0 aliphatic carbocycles. The maximum absolute atomic E-state index is 12.0. The standard InChI is InChI=1S/C12H11F3O3/c1-2-9(8-6-4-3-5-7-8)10(16)18-11(17)12(13,14)15/h3-7,9H,2H2,1H3. The van der Waals surface area contributed by atoms with Crippen LogP contribution in [-0.4, -0.2) is 18.1 Å². The molecule has 3 nitrogen and oxygen atoms in total. The predicted octanol–water partition coefficient (Wildman–Crippen LogP) is 2.81. The number of hydrogen-bond donors (Lipinski definition) is 0. The SMILES string of the molecule is CCC(C(=O)OC(=O)C(F)(F)F)c1ccccc1. The van der Waals surface area contributed by atoms with E-state index in [9.17, 15) is 22.8 Å². The fourth-order valence-electron chi connectivity index (χ4n) is 1.44. The zero-order valence-corrected chi connectivity index (χ0v) is 9.53. The van der Waals surface area contributed by atoms with Gasteiger partial charge in [0.2, 0.25) is 0 Å². The van der Waals surface area contributed by atoms with Crippen molar-refractivity contribution < 1.29 is 27.5 Å². The van der Waals surface area contributed by atoms with E-state index < -0.39 is 24.0 Å². The van der Waals surface area contributed by atoms with E-state index in [1.807, 2.05) is 0 Å².